The molecule has 0 unspecified atom stereocenters. The zero-order valence-electron chi connectivity index (χ0n) is 15.1. The molecule has 0 N–H and O–H groups in total. The van der Waals surface area contributed by atoms with Crippen molar-refractivity contribution in [2.24, 2.45) is 0 Å². The number of rotatable bonds is 5. The Morgan fingerprint density at radius 3 is 2.37 bits per heavy atom. The predicted octanol–water partition coefficient (Wildman–Crippen LogP) is 4.08. The number of alkyl halides is 3. The summed E-state index contributed by atoms with van der Waals surface area (Å²) in [4.78, 5) is 9.89. The Morgan fingerprint density at radius 2 is 1.80 bits per heavy atom. The van der Waals surface area contributed by atoms with E-state index in [4.69, 9.17) is 21.1 Å². The zero-order valence-corrected chi connectivity index (χ0v) is 16.6. The molecule has 3 rings (SSSR count). The first-order valence-corrected chi connectivity index (χ1v) is 10.2. The molecule has 1 aliphatic heterocycles. The summed E-state index contributed by atoms with van der Waals surface area (Å²) in [6, 6.07) is 5.40. The Kier molecular flexibility index (Phi) is 6.22. The van der Waals surface area contributed by atoms with Gasteiger partial charge in [-0.05, 0) is 24.3 Å². The smallest absolute Gasteiger partial charge is 0.416 e. The van der Waals surface area contributed by atoms with Crippen LogP contribution < -0.4 is 4.74 Å². The van der Waals surface area contributed by atoms with E-state index in [9.17, 15) is 31.7 Å². The van der Waals surface area contributed by atoms with Crippen LogP contribution in [0.3, 0.4) is 0 Å². The third kappa shape index (κ3) is 4.67. The number of hydrogen-bond donors (Lipinski definition) is 0. The quantitative estimate of drug-likeness (QED) is 0.486. The van der Waals surface area contributed by atoms with Gasteiger partial charge >= 0.3 is 6.18 Å². The lowest BCUT2D eigenvalue weighted by Gasteiger charge is -2.26. The van der Waals surface area contributed by atoms with Gasteiger partial charge in [-0.2, -0.15) is 17.5 Å². The summed E-state index contributed by atoms with van der Waals surface area (Å²) in [6.45, 7) is 0.333. The third-order valence-corrected chi connectivity index (χ3v) is 6.43. The van der Waals surface area contributed by atoms with Gasteiger partial charge in [-0.1, -0.05) is 11.6 Å². The van der Waals surface area contributed by atoms with Crippen LogP contribution in [0.5, 0.6) is 11.5 Å². The van der Waals surface area contributed by atoms with Crippen LogP contribution in [0.15, 0.2) is 41.3 Å². The molecule has 1 heterocycles. The van der Waals surface area contributed by atoms with Gasteiger partial charge in [0.05, 0.1) is 28.7 Å². The van der Waals surface area contributed by atoms with Crippen molar-refractivity contribution in [2.45, 2.75) is 11.1 Å². The second-order valence-corrected chi connectivity index (χ2v) is 8.46. The lowest BCUT2D eigenvalue weighted by atomic mass is 10.2. The van der Waals surface area contributed by atoms with Crippen molar-refractivity contribution in [3.05, 3.63) is 57.1 Å². The average molecular weight is 467 g/mol. The van der Waals surface area contributed by atoms with Crippen LogP contribution in [-0.2, 0) is 20.9 Å². The van der Waals surface area contributed by atoms with Crippen molar-refractivity contribution >= 4 is 27.3 Å². The molecular formula is C17H14ClF3N2O6S. The summed E-state index contributed by atoms with van der Waals surface area (Å²) >= 11 is 5.84. The fourth-order valence-electron chi connectivity index (χ4n) is 2.73. The Balaban J connectivity index is 1.98. The maximum atomic E-state index is 12.9. The van der Waals surface area contributed by atoms with Crippen molar-refractivity contribution in [2.75, 3.05) is 26.3 Å². The van der Waals surface area contributed by atoms with Crippen LogP contribution in [0.2, 0.25) is 5.02 Å². The topological polar surface area (TPSA) is 99.0 Å². The van der Waals surface area contributed by atoms with Crippen LogP contribution in [-0.4, -0.2) is 43.9 Å². The van der Waals surface area contributed by atoms with Crippen LogP contribution in [0, 0.1) is 10.1 Å². The van der Waals surface area contributed by atoms with E-state index in [0.717, 1.165) is 34.6 Å². The largest absolute Gasteiger partial charge is 0.456 e. The molecule has 0 saturated carbocycles. The average Bonchev–Trinajstić information content (AvgIpc) is 2.69. The summed E-state index contributed by atoms with van der Waals surface area (Å²) in [6.07, 6.45) is -4.60. The minimum absolute atomic E-state index is 0.0231. The standard InChI is InChI=1S/C17H14ClF3N2O6S/c18-13-9-11(17(19,20)21)1-4-15(13)29-12-2-3-14(23(24)25)16(10-12)30(26,27)22-5-7-28-8-6-22/h1-4,9-10H,5-8H2. The summed E-state index contributed by atoms with van der Waals surface area (Å²) < 4.78 is 75.6. The molecule has 30 heavy (non-hydrogen) atoms. The highest BCUT2D eigenvalue weighted by atomic mass is 35.5. The van der Waals surface area contributed by atoms with E-state index in [1.54, 1.807) is 0 Å². The number of nitro groups is 1. The molecule has 0 atom stereocenters. The number of sulfonamides is 1. The Bertz CT molecular complexity index is 1070. The van der Waals surface area contributed by atoms with E-state index in [0.29, 0.717) is 6.07 Å². The van der Waals surface area contributed by atoms with Gasteiger partial charge < -0.3 is 9.47 Å². The van der Waals surface area contributed by atoms with Crippen molar-refractivity contribution in [1.82, 2.24) is 4.31 Å². The van der Waals surface area contributed by atoms with E-state index in [1.165, 1.54) is 0 Å². The normalized spacial score (nSPS) is 15.7. The maximum absolute atomic E-state index is 12.9. The first-order valence-electron chi connectivity index (χ1n) is 8.41. The molecule has 0 amide bonds. The number of nitrogens with zero attached hydrogens (tertiary/aromatic N) is 2. The zero-order chi connectivity index (χ0) is 22.1. The van der Waals surface area contributed by atoms with E-state index in [2.05, 4.69) is 0 Å². The summed E-state index contributed by atoms with van der Waals surface area (Å²) in [7, 11) is -4.24. The first kappa shape index (κ1) is 22.3. The van der Waals surface area contributed by atoms with Gasteiger partial charge in [0.1, 0.15) is 11.5 Å². The molecule has 0 bridgehead atoms. The minimum atomic E-state index is -4.60. The van der Waals surface area contributed by atoms with Crippen LogP contribution in [0.1, 0.15) is 5.56 Å². The summed E-state index contributed by atoms with van der Waals surface area (Å²) in [5, 5.41) is 11.0. The van der Waals surface area contributed by atoms with Gasteiger partial charge in [-0.3, -0.25) is 10.1 Å². The van der Waals surface area contributed by atoms with Crippen molar-refractivity contribution < 1.29 is 36.0 Å². The highest BCUT2D eigenvalue weighted by molar-refractivity contribution is 7.89. The SMILES string of the molecule is O=[N+]([O-])c1ccc(Oc2ccc(C(F)(F)F)cc2Cl)cc1S(=O)(=O)N1CCOCC1. The molecule has 13 heteroatoms. The number of nitro benzene ring substituents is 1. The Morgan fingerprint density at radius 1 is 1.13 bits per heavy atom. The van der Waals surface area contributed by atoms with Crippen molar-refractivity contribution in [3.63, 3.8) is 0 Å². The molecule has 2 aromatic rings. The van der Waals surface area contributed by atoms with Gasteiger partial charge in [-0.25, -0.2) is 8.42 Å². The molecule has 1 fully saturated rings. The number of ether oxygens (including phenoxy) is 2. The number of benzene rings is 2. The monoisotopic (exact) mass is 466 g/mol. The first-order chi connectivity index (χ1) is 14.0. The van der Waals surface area contributed by atoms with Crippen molar-refractivity contribution in [3.8, 4) is 11.5 Å². The van der Waals surface area contributed by atoms with Gasteiger partial charge in [0, 0.05) is 25.2 Å². The summed E-state index contributed by atoms with van der Waals surface area (Å²) in [5.41, 5.74) is -1.65. The highest BCUT2D eigenvalue weighted by Gasteiger charge is 2.34. The number of hydrogen-bond acceptors (Lipinski definition) is 6. The lowest BCUT2D eigenvalue weighted by Crippen LogP contribution is -2.40. The molecule has 0 spiro atoms. The second-order valence-electron chi connectivity index (χ2n) is 6.15. The highest BCUT2D eigenvalue weighted by Crippen LogP contribution is 2.38. The maximum Gasteiger partial charge on any atom is 0.416 e. The van der Waals surface area contributed by atoms with Crippen LogP contribution in [0.4, 0.5) is 18.9 Å². The molecule has 162 valence electrons. The van der Waals surface area contributed by atoms with Gasteiger partial charge in [-0.15, -0.1) is 0 Å². The van der Waals surface area contributed by atoms with Crippen LogP contribution >= 0.6 is 11.6 Å². The van der Waals surface area contributed by atoms with Gasteiger partial charge in [0.25, 0.3) is 5.69 Å². The Labute approximate surface area is 174 Å². The Hall–Kier alpha value is -2.41. The lowest BCUT2D eigenvalue weighted by molar-refractivity contribution is -0.387. The van der Waals surface area contributed by atoms with E-state index in [-0.39, 0.29) is 42.8 Å². The fraction of sp³-hybridized carbons (Fsp3) is 0.294. The van der Waals surface area contributed by atoms with Crippen LogP contribution in [0.25, 0.3) is 0 Å². The van der Waals surface area contributed by atoms with E-state index >= 15 is 0 Å². The van der Waals surface area contributed by atoms with Gasteiger partial charge in [0.15, 0.2) is 4.90 Å². The number of morpholine rings is 1. The van der Waals surface area contributed by atoms with Gasteiger partial charge in [0.2, 0.25) is 10.0 Å². The number of halogens is 4. The molecule has 2 aromatic carbocycles. The molecule has 1 aliphatic rings. The summed E-state index contributed by atoms with van der Waals surface area (Å²) in [5.74, 6) is -0.317. The predicted molar refractivity (Wildman–Crippen MR) is 99.2 cm³/mol. The molecule has 1 saturated heterocycles. The second kappa shape index (κ2) is 8.38. The molecule has 0 aliphatic carbocycles. The molecular weight excluding hydrogens is 453 g/mol. The minimum Gasteiger partial charge on any atom is -0.456 e. The molecule has 8 nitrogen and oxygen atoms in total. The van der Waals surface area contributed by atoms with E-state index < -0.39 is 37.3 Å². The fourth-order valence-corrected chi connectivity index (χ4v) is 4.53. The molecule has 0 aromatic heterocycles. The third-order valence-electron chi connectivity index (χ3n) is 4.20. The van der Waals surface area contributed by atoms with E-state index in [1.807, 2.05) is 0 Å². The van der Waals surface area contributed by atoms with Crippen molar-refractivity contribution in [1.29, 1.82) is 0 Å². The molecule has 0 radical (unpaired) electrons.